The molecule has 23 heavy (non-hydrogen) atoms. The van der Waals surface area contributed by atoms with Crippen molar-refractivity contribution in [2.45, 2.75) is 38.6 Å². The molecule has 0 radical (unpaired) electrons. The van der Waals surface area contributed by atoms with Crippen LogP contribution in [0.25, 0.3) is 10.9 Å². The number of hydrogen-bond acceptors (Lipinski definition) is 3. The van der Waals surface area contributed by atoms with Gasteiger partial charge in [-0.15, -0.1) is 0 Å². The number of hydrogen-bond donors (Lipinski definition) is 2. The van der Waals surface area contributed by atoms with Crippen LogP contribution in [0.2, 0.25) is 0 Å². The third-order valence-electron chi connectivity index (χ3n) is 4.55. The third-order valence-corrected chi connectivity index (χ3v) is 4.55. The second-order valence-corrected chi connectivity index (χ2v) is 6.15. The van der Waals surface area contributed by atoms with E-state index in [9.17, 15) is 4.79 Å². The van der Waals surface area contributed by atoms with E-state index in [1.807, 2.05) is 25.1 Å². The number of nitrogens with one attached hydrogen (secondary N) is 2. The molecule has 0 aliphatic heterocycles. The van der Waals surface area contributed by atoms with Crippen LogP contribution < -0.4 is 5.32 Å². The molecule has 0 bridgehead atoms. The zero-order valence-corrected chi connectivity index (χ0v) is 13.1. The summed E-state index contributed by atoms with van der Waals surface area (Å²) in [5.41, 5.74) is 4.24. The van der Waals surface area contributed by atoms with Crippen molar-refractivity contribution in [3.05, 3.63) is 53.0 Å². The summed E-state index contributed by atoms with van der Waals surface area (Å²) in [7, 11) is 0. The number of carbonyl (C=O) groups excluding carboxylic acids is 1. The van der Waals surface area contributed by atoms with Gasteiger partial charge in [0.15, 0.2) is 0 Å². The van der Waals surface area contributed by atoms with Crippen molar-refractivity contribution in [3.8, 4) is 0 Å². The van der Waals surface area contributed by atoms with E-state index in [2.05, 4.69) is 27.6 Å². The first-order valence-corrected chi connectivity index (χ1v) is 8.02. The van der Waals surface area contributed by atoms with Crippen molar-refractivity contribution < 1.29 is 9.32 Å². The Morgan fingerprint density at radius 2 is 2.30 bits per heavy atom. The van der Waals surface area contributed by atoms with Crippen molar-refractivity contribution in [1.29, 1.82) is 0 Å². The van der Waals surface area contributed by atoms with E-state index >= 15 is 0 Å². The molecule has 0 saturated heterocycles. The Kier molecular flexibility index (Phi) is 3.41. The SMILES string of the molecule is Cc1cc(CNC(=O)C2CCCc3c2[nH]c2ccccc32)no1. The van der Waals surface area contributed by atoms with Gasteiger partial charge in [0.25, 0.3) is 0 Å². The van der Waals surface area contributed by atoms with Gasteiger partial charge in [0.1, 0.15) is 11.5 Å². The molecular formula is C18H19N3O2. The van der Waals surface area contributed by atoms with E-state index in [1.54, 1.807) is 0 Å². The fourth-order valence-corrected chi connectivity index (χ4v) is 3.48. The van der Waals surface area contributed by atoms with E-state index < -0.39 is 0 Å². The maximum absolute atomic E-state index is 12.6. The number of rotatable bonds is 3. The standard InChI is InChI=1S/C18H19N3O2/c1-11-9-12(21-23-11)10-19-18(22)15-7-4-6-14-13-5-2-3-8-16(13)20-17(14)15/h2-3,5,8-9,15,20H,4,6-7,10H2,1H3,(H,19,22). The van der Waals surface area contributed by atoms with Crippen LogP contribution in [0.5, 0.6) is 0 Å². The monoisotopic (exact) mass is 309 g/mol. The Balaban J connectivity index is 1.57. The summed E-state index contributed by atoms with van der Waals surface area (Å²) in [6.07, 6.45) is 2.95. The minimum Gasteiger partial charge on any atom is -0.361 e. The molecule has 0 saturated carbocycles. The van der Waals surface area contributed by atoms with E-state index in [1.165, 1.54) is 10.9 Å². The highest BCUT2D eigenvalue weighted by Gasteiger charge is 2.29. The first kappa shape index (κ1) is 14.1. The highest BCUT2D eigenvalue weighted by Crippen LogP contribution is 2.36. The van der Waals surface area contributed by atoms with Gasteiger partial charge in [0.2, 0.25) is 5.91 Å². The zero-order chi connectivity index (χ0) is 15.8. The average Bonchev–Trinajstić information content (AvgIpc) is 3.15. The highest BCUT2D eigenvalue weighted by atomic mass is 16.5. The zero-order valence-electron chi connectivity index (χ0n) is 13.1. The lowest BCUT2D eigenvalue weighted by Gasteiger charge is -2.21. The van der Waals surface area contributed by atoms with Gasteiger partial charge in [-0.1, -0.05) is 23.4 Å². The maximum atomic E-state index is 12.6. The minimum atomic E-state index is -0.112. The topological polar surface area (TPSA) is 70.9 Å². The van der Waals surface area contributed by atoms with Crippen molar-refractivity contribution in [3.63, 3.8) is 0 Å². The molecule has 0 spiro atoms. The van der Waals surface area contributed by atoms with E-state index in [-0.39, 0.29) is 11.8 Å². The van der Waals surface area contributed by atoms with Crippen molar-refractivity contribution in [2.75, 3.05) is 0 Å². The van der Waals surface area contributed by atoms with Gasteiger partial charge in [-0.2, -0.15) is 0 Å². The molecule has 118 valence electrons. The number of aryl methyl sites for hydroxylation is 2. The summed E-state index contributed by atoms with van der Waals surface area (Å²) in [6.45, 7) is 2.25. The Hall–Kier alpha value is -2.56. The predicted molar refractivity (Wildman–Crippen MR) is 87.1 cm³/mol. The van der Waals surface area contributed by atoms with Crippen LogP contribution in [0.1, 0.15) is 41.5 Å². The van der Waals surface area contributed by atoms with Crippen LogP contribution in [-0.4, -0.2) is 16.0 Å². The number of aromatic nitrogens is 2. The number of benzene rings is 1. The largest absolute Gasteiger partial charge is 0.361 e. The number of aromatic amines is 1. The first-order valence-electron chi connectivity index (χ1n) is 8.02. The van der Waals surface area contributed by atoms with Crippen LogP contribution in [0, 0.1) is 6.92 Å². The summed E-state index contributed by atoms with van der Waals surface area (Å²) in [6, 6.07) is 10.1. The minimum absolute atomic E-state index is 0.0539. The molecule has 5 nitrogen and oxygen atoms in total. The molecule has 1 atom stereocenters. The molecule has 0 fully saturated rings. The summed E-state index contributed by atoms with van der Waals surface area (Å²) >= 11 is 0. The van der Waals surface area contributed by atoms with Crippen LogP contribution in [0.15, 0.2) is 34.9 Å². The number of nitrogens with zero attached hydrogens (tertiary/aromatic N) is 1. The Morgan fingerprint density at radius 3 is 3.13 bits per heavy atom. The molecule has 1 unspecified atom stereocenters. The molecule has 4 rings (SSSR count). The lowest BCUT2D eigenvalue weighted by molar-refractivity contribution is -0.123. The van der Waals surface area contributed by atoms with Crippen molar-refractivity contribution >= 4 is 16.8 Å². The first-order chi connectivity index (χ1) is 11.2. The van der Waals surface area contributed by atoms with Gasteiger partial charge in [0, 0.05) is 22.7 Å². The van der Waals surface area contributed by atoms with Gasteiger partial charge in [0.05, 0.1) is 12.5 Å². The summed E-state index contributed by atoms with van der Waals surface area (Å²) in [5, 5.41) is 8.14. The molecule has 1 aromatic carbocycles. The molecular weight excluding hydrogens is 290 g/mol. The van der Waals surface area contributed by atoms with Gasteiger partial charge < -0.3 is 14.8 Å². The van der Waals surface area contributed by atoms with Gasteiger partial charge in [-0.05, 0) is 37.8 Å². The maximum Gasteiger partial charge on any atom is 0.229 e. The van der Waals surface area contributed by atoms with E-state index in [0.717, 1.165) is 41.9 Å². The van der Waals surface area contributed by atoms with Crippen LogP contribution in [0.3, 0.4) is 0 Å². The third kappa shape index (κ3) is 2.52. The molecule has 3 aromatic rings. The quantitative estimate of drug-likeness (QED) is 0.780. The van der Waals surface area contributed by atoms with Crippen molar-refractivity contribution in [1.82, 2.24) is 15.5 Å². The Bertz CT molecular complexity index is 862. The van der Waals surface area contributed by atoms with Crippen molar-refractivity contribution in [2.24, 2.45) is 0 Å². The number of para-hydroxylation sites is 1. The normalized spacial score (nSPS) is 17.2. The smallest absolute Gasteiger partial charge is 0.229 e. The van der Waals surface area contributed by atoms with Crippen LogP contribution in [0.4, 0.5) is 0 Å². The summed E-state index contributed by atoms with van der Waals surface area (Å²) in [4.78, 5) is 16.1. The van der Waals surface area contributed by atoms with Gasteiger partial charge in [-0.3, -0.25) is 4.79 Å². The van der Waals surface area contributed by atoms with Gasteiger partial charge in [-0.25, -0.2) is 0 Å². The lowest BCUT2D eigenvalue weighted by atomic mass is 9.86. The Labute approximate surface area is 134 Å². The average molecular weight is 309 g/mol. The molecule has 1 aliphatic rings. The number of H-pyrrole nitrogens is 1. The molecule has 2 heterocycles. The Morgan fingerprint density at radius 1 is 1.43 bits per heavy atom. The van der Waals surface area contributed by atoms with E-state index in [4.69, 9.17) is 4.52 Å². The molecule has 1 amide bonds. The predicted octanol–water partition coefficient (Wildman–Crippen LogP) is 3.20. The number of fused-ring (bicyclic) bond motifs is 3. The highest BCUT2D eigenvalue weighted by molar-refractivity contribution is 5.90. The van der Waals surface area contributed by atoms with Crippen LogP contribution in [-0.2, 0) is 17.8 Å². The van der Waals surface area contributed by atoms with E-state index in [0.29, 0.717) is 6.54 Å². The second kappa shape index (κ2) is 5.57. The molecule has 5 heteroatoms. The molecule has 1 aliphatic carbocycles. The molecule has 2 N–H and O–H groups in total. The fraction of sp³-hybridized carbons (Fsp3) is 0.333. The van der Waals surface area contributed by atoms with Crippen LogP contribution >= 0.6 is 0 Å². The number of amides is 1. The summed E-state index contributed by atoms with van der Waals surface area (Å²) in [5.74, 6) is 0.696. The molecule has 2 aromatic heterocycles. The second-order valence-electron chi connectivity index (χ2n) is 6.15. The fourth-order valence-electron chi connectivity index (χ4n) is 3.48. The number of carbonyl (C=O) groups is 1. The summed E-state index contributed by atoms with van der Waals surface area (Å²) < 4.78 is 5.03. The lowest BCUT2D eigenvalue weighted by Crippen LogP contribution is -2.31. The van der Waals surface area contributed by atoms with Gasteiger partial charge >= 0.3 is 0 Å².